The van der Waals surface area contributed by atoms with Crippen LogP contribution in [-0.4, -0.2) is 23.8 Å². The molecule has 0 aliphatic carbocycles. The molecule has 2 amide bonds. The van der Waals surface area contributed by atoms with Crippen LogP contribution in [0.25, 0.3) is 6.08 Å². The molecule has 4 N–H and O–H groups in total. The van der Waals surface area contributed by atoms with Crippen molar-refractivity contribution in [1.29, 1.82) is 0 Å². The summed E-state index contributed by atoms with van der Waals surface area (Å²) in [6.07, 6.45) is 2.93. The minimum Gasteiger partial charge on any atom is -0.423 e. The lowest BCUT2D eigenvalue weighted by molar-refractivity contribution is -0.131. The van der Waals surface area contributed by atoms with Crippen LogP contribution in [0.3, 0.4) is 0 Å². The number of hydrogen-bond donors (Lipinski definition) is 2. The highest BCUT2D eigenvalue weighted by Crippen LogP contribution is 2.44. The number of esters is 2. The maximum Gasteiger partial charge on any atom is 0.343 e. The predicted molar refractivity (Wildman–Crippen MR) is 188 cm³/mol. The molecule has 1 aliphatic rings. The second-order valence-corrected chi connectivity index (χ2v) is 11.9. The van der Waals surface area contributed by atoms with E-state index in [2.05, 4.69) is 0 Å². The van der Waals surface area contributed by atoms with Crippen LogP contribution in [0.4, 0.5) is 17.1 Å². The first-order chi connectivity index (χ1) is 23.6. The van der Waals surface area contributed by atoms with Crippen LogP contribution in [0.15, 0.2) is 127 Å². The van der Waals surface area contributed by atoms with Gasteiger partial charge in [-0.05, 0) is 102 Å². The Kier molecular flexibility index (Phi) is 9.08. The predicted octanol–water partition coefficient (Wildman–Crippen LogP) is 6.64. The van der Waals surface area contributed by atoms with E-state index in [9.17, 15) is 19.2 Å². The number of hydrogen-bond acceptors (Lipinski definition) is 8. The fraction of sp³-hybridized carbons (Fsp3) is 0.100. The Hall–Kier alpha value is -6.48. The zero-order valence-electron chi connectivity index (χ0n) is 26.7. The van der Waals surface area contributed by atoms with E-state index in [0.717, 1.165) is 16.7 Å². The molecule has 49 heavy (non-hydrogen) atoms. The van der Waals surface area contributed by atoms with Crippen LogP contribution in [0.5, 0.6) is 11.5 Å². The maximum atomic E-state index is 13.7. The summed E-state index contributed by atoms with van der Waals surface area (Å²) in [5, 5.41) is 0. The Morgan fingerprint density at radius 3 is 1.67 bits per heavy atom. The first-order valence-corrected chi connectivity index (χ1v) is 15.6. The lowest BCUT2D eigenvalue weighted by Gasteiger charge is -2.41. The van der Waals surface area contributed by atoms with E-state index in [1.54, 1.807) is 78.9 Å². The molecule has 9 heteroatoms. The van der Waals surface area contributed by atoms with Crippen molar-refractivity contribution >= 4 is 46.9 Å². The molecule has 0 saturated carbocycles. The summed E-state index contributed by atoms with van der Waals surface area (Å²) in [4.78, 5) is 53.4. The molecule has 1 aliphatic heterocycles. The Morgan fingerprint density at radius 1 is 0.653 bits per heavy atom. The van der Waals surface area contributed by atoms with Gasteiger partial charge in [0.25, 0.3) is 0 Å². The zero-order valence-corrected chi connectivity index (χ0v) is 26.7. The lowest BCUT2D eigenvalue weighted by atomic mass is 9.67. The van der Waals surface area contributed by atoms with Gasteiger partial charge in [0.15, 0.2) is 0 Å². The largest absolute Gasteiger partial charge is 0.423 e. The second kappa shape index (κ2) is 13.7. The number of carbonyl (C=O) groups excluding carboxylic acids is 4. The first kappa shape index (κ1) is 32.5. The molecular formula is C40H33N3O6. The molecule has 0 atom stereocenters. The number of benzene rings is 5. The maximum absolute atomic E-state index is 13.7. The first-order valence-electron chi connectivity index (χ1n) is 15.6. The van der Waals surface area contributed by atoms with Crippen molar-refractivity contribution in [3.8, 4) is 11.5 Å². The molecule has 0 unspecified atom stereocenters. The highest BCUT2D eigenvalue weighted by molar-refractivity contribution is 6.18. The van der Waals surface area contributed by atoms with E-state index in [4.69, 9.17) is 20.9 Å². The third-order valence-corrected chi connectivity index (χ3v) is 8.43. The normalized spacial score (nSPS) is 14.1. The molecule has 9 nitrogen and oxygen atoms in total. The summed E-state index contributed by atoms with van der Waals surface area (Å²) in [5.41, 5.74) is 16.3. The van der Waals surface area contributed by atoms with Gasteiger partial charge in [0.05, 0.1) is 11.3 Å². The van der Waals surface area contributed by atoms with Gasteiger partial charge in [0, 0.05) is 35.7 Å². The molecule has 1 heterocycles. The Balaban J connectivity index is 1.09. The summed E-state index contributed by atoms with van der Waals surface area (Å²) in [6.45, 7) is 1.94. The van der Waals surface area contributed by atoms with E-state index in [1.165, 1.54) is 23.1 Å². The van der Waals surface area contributed by atoms with E-state index >= 15 is 0 Å². The topological polar surface area (TPSA) is 142 Å². The number of piperidine rings is 1. The summed E-state index contributed by atoms with van der Waals surface area (Å²) >= 11 is 0. The fourth-order valence-electron chi connectivity index (χ4n) is 5.82. The van der Waals surface area contributed by atoms with Crippen molar-refractivity contribution in [1.82, 2.24) is 0 Å². The quantitative estimate of drug-likeness (QED) is 0.0626. The summed E-state index contributed by atoms with van der Waals surface area (Å²) < 4.78 is 10.8. The van der Waals surface area contributed by atoms with E-state index in [1.807, 2.05) is 43.3 Å². The number of ether oxygens (including phenoxy) is 2. The van der Waals surface area contributed by atoms with Gasteiger partial charge >= 0.3 is 11.9 Å². The van der Waals surface area contributed by atoms with Crippen molar-refractivity contribution in [2.24, 2.45) is 0 Å². The number of carbonyl (C=O) groups is 4. The minimum absolute atomic E-state index is 0.0459. The average molecular weight is 652 g/mol. The summed E-state index contributed by atoms with van der Waals surface area (Å²) in [5.74, 6) is -1.20. The van der Waals surface area contributed by atoms with Crippen LogP contribution in [0.1, 0.15) is 45.5 Å². The van der Waals surface area contributed by atoms with E-state index in [-0.39, 0.29) is 30.4 Å². The third kappa shape index (κ3) is 7.26. The van der Waals surface area contributed by atoms with Gasteiger partial charge in [-0.1, -0.05) is 54.1 Å². The molecule has 6 rings (SSSR count). The van der Waals surface area contributed by atoms with E-state index < -0.39 is 17.4 Å². The number of nitrogens with zero attached hydrogens (tertiary/aromatic N) is 1. The third-order valence-electron chi connectivity index (χ3n) is 8.43. The average Bonchev–Trinajstić information content (AvgIpc) is 3.09. The van der Waals surface area contributed by atoms with Gasteiger partial charge in [-0.2, -0.15) is 0 Å². The molecule has 0 aromatic heterocycles. The molecule has 1 saturated heterocycles. The number of amides is 2. The molecule has 0 spiro atoms. The smallest absolute Gasteiger partial charge is 0.343 e. The summed E-state index contributed by atoms with van der Waals surface area (Å²) in [7, 11) is 0. The van der Waals surface area contributed by atoms with Gasteiger partial charge in [-0.3, -0.25) is 14.5 Å². The number of imide groups is 1. The van der Waals surface area contributed by atoms with Gasteiger partial charge in [0.1, 0.15) is 11.5 Å². The SMILES string of the molecule is Cc1ccc(C(=O)Oc2ccc(/C=C/C(=O)Oc3ccc(N4C(=O)CC(c5ccc(N)cc5)(c5ccc(N)cc5)CC4=O)cc3)cc2)cc1. The number of rotatable bonds is 8. The van der Waals surface area contributed by atoms with Crippen LogP contribution >= 0.6 is 0 Å². The van der Waals surface area contributed by atoms with E-state index in [0.29, 0.717) is 33.9 Å². The minimum atomic E-state index is -0.889. The highest BCUT2D eigenvalue weighted by Gasteiger charge is 2.46. The Morgan fingerprint density at radius 2 is 1.14 bits per heavy atom. The highest BCUT2D eigenvalue weighted by atomic mass is 16.5. The van der Waals surface area contributed by atoms with Crippen LogP contribution < -0.4 is 25.8 Å². The molecule has 0 radical (unpaired) electrons. The Labute approximate surface area is 283 Å². The van der Waals surface area contributed by atoms with Crippen molar-refractivity contribution in [2.75, 3.05) is 16.4 Å². The molecule has 0 bridgehead atoms. The van der Waals surface area contributed by atoms with Gasteiger partial charge < -0.3 is 20.9 Å². The van der Waals surface area contributed by atoms with Crippen molar-refractivity contribution in [3.05, 3.63) is 155 Å². The number of nitrogen functional groups attached to an aromatic ring is 2. The Bertz CT molecular complexity index is 1970. The molecule has 1 fully saturated rings. The molecular weight excluding hydrogens is 618 g/mol. The van der Waals surface area contributed by atoms with Gasteiger partial charge in [0.2, 0.25) is 11.8 Å². The standard InChI is InChI=1S/C40H33N3O6/c1-26-2-7-28(8-3-26)39(47)49-35-19-4-27(5-20-35)6-23-38(46)48-34-21-17-33(18-22-34)43-36(44)24-40(25-37(43)45,29-9-13-31(41)14-10-29)30-11-15-32(42)16-12-30/h2-23H,24-25,41-42H2,1H3/b23-6+. The van der Waals surface area contributed by atoms with Gasteiger partial charge in [-0.25, -0.2) is 9.59 Å². The molecule has 5 aromatic carbocycles. The van der Waals surface area contributed by atoms with Crippen molar-refractivity contribution in [2.45, 2.75) is 25.2 Å². The number of anilines is 3. The monoisotopic (exact) mass is 651 g/mol. The molecule has 244 valence electrons. The van der Waals surface area contributed by atoms with Crippen LogP contribution in [-0.2, 0) is 19.8 Å². The lowest BCUT2D eigenvalue weighted by Crippen LogP contribution is -2.50. The van der Waals surface area contributed by atoms with Crippen LogP contribution in [0.2, 0.25) is 0 Å². The number of aryl methyl sites for hydroxylation is 1. The van der Waals surface area contributed by atoms with Gasteiger partial charge in [-0.15, -0.1) is 0 Å². The molecule has 5 aromatic rings. The number of nitrogens with two attached hydrogens (primary N) is 2. The fourth-order valence-corrected chi connectivity index (χ4v) is 5.82. The van der Waals surface area contributed by atoms with Crippen LogP contribution in [0, 0.1) is 6.92 Å². The van der Waals surface area contributed by atoms with Crippen molar-refractivity contribution in [3.63, 3.8) is 0 Å². The zero-order chi connectivity index (χ0) is 34.5. The second-order valence-electron chi connectivity index (χ2n) is 11.9. The summed E-state index contributed by atoms with van der Waals surface area (Å²) in [6, 6.07) is 34.4. The van der Waals surface area contributed by atoms with Crippen molar-refractivity contribution < 1.29 is 28.7 Å².